The molecule has 32 N–H and O–H groups in total. The van der Waals surface area contributed by atoms with Crippen LogP contribution in [0.3, 0.4) is 0 Å². The minimum Gasteiger partial charge on any atom is -0.394 e. The Bertz CT molecular complexity index is 3700. The molecule has 0 radical (unpaired) electrons. The van der Waals surface area contributed by atoms with Crippen molar-refractivity contribution in [2.45, 2.75) is 355 Å². The molecule has 0 aromatic heterocycles. The highest BCUT2D eigenvalue weighted by Crippen LogP contribution is 2.42. The molecule has 0 saturated carbocycles. The fourth-order valence-electron chi connectivity index (χ4n) is 17.0. The van der Waals surface area contributed by atoms with Gasteiger partial charge in [-0.3, -0.25) is 33.6 Å². The summed E-state index contributed by atoms with van der Waals surface area (Å²) < 4.78 is 118. The van der Waals surface area contributed by atoms with Gasteiger partial charge < -0.3 is 255 Å². The van der Waals surface area contributed by atoms with Crippen LogP contribution in [0.25, 0.3) is 0 Å². The number of carbonyl (C=O) groups is 7. The summed E-state index contributed by atoms with van der Waals surface area (Å²) in [7, 11) is 0. The summed E-state index contributed by atoms with van der Waals surface area (Å²) in [6, 6.07) is -13.4. The molecule has 7 amide bonds. The first-order chi connectivity index (χ1) is 62.4. The summed E-state index contributed by atoms with van der Waals surface area (Å²) in [6.07, 6.45) is -95.3. The number of aliphatic hydroxyl groups is 25. The van der Waals surface area contributed by atoms with Crippen molar-refractivity contribution in [1.29, 1.82) is 0 Å². The number of ether oxygens (including phenoxy) is 19. The van der Waals surface area contributed by atoms with E-state index in [4.69, 9.17) is 90.0 Å². The first-order valence-electron chi connectivity index (χ1n) is 42.1. The lowest BCUT2D eigenvalue weighted by atomic mass is 9.93. The molecule has 0 aromatic carbocycles. The Balaban J connectivity index is 1.16. The van der Waals surface area contributed by atoms with E-state index in [0.29, 0.717) is 0 Å². The van der Waals surface area contributed by atoms with E-state index < -0.39 is 414 Å². The van der Waals surface area contributed by atoms with Gasteiger partial charge in [-0.2, -0.15) is 0 Å². The molecule has 10 rings (SSSR count). The van der Waals surface area contributed by atoms with E-state index in [-0.39, 0.29) is 0 Å². The van der Waals surface area contributed by atoms with Crippen LogP contribution in [-0.4, -0.2) is 542 Å². The second-order valence-electron chi connectivity index (χ2n) is 33.2. The maximum Gasteiger partial charge on any atom is 0.217 e. The highest BCUT2D eigenvalue weighted by atomic mass is 16.8. The van der Waals surface area contributed by atoms with Gasteiger partial charge >= 0.3 is 0 Å². The van der Waals surface area contributed by atoms with Gasteiger partial charge in [0.05, 0.1) is 66.1 Å². The molecule has 760 valence electrons. The summed E-state index contributed by atoms with van der Waals surface area (Å²) in [4.78, 5) is 90.5. The molecule has 10 aliphatic rings. The van der Waals surface area contributed by atoms with E-state index in [1.165, 1.54) is 0 Å². The van der Waals surface area contributed by atoms with Crippen molar-refractivity contribution in [3.8, 4) is 0 Å². The van der Waals surface area contributed by atoms with Gasteiger partial charge in [-0.25, -0.2) is 0 Å². The van der Waals surface area contributed by atoms with Gasteiger partial charge in [-0.05, 0) is 0 Å². The van der Waals surface area contributed by atoms with Crippen LogP contribution in [0.4, 0.5) is 0 Å². The predicted octanol–water partition coefficient (Wildman–Crippen LogP) is -21.8. The monoisotopic (exact) mass is 1930 g/mol. The third-order valence-electron chi connectivity index (χ3n) is 23.7. The average molecular weight is 1930 g/mol. The number of hydrogen-bond acceptors (Lipinski definition) is 51. The minimum absolute atomic E-state index is 0.838. The number of carbonyl (C=O) groups excluding carboxylic acids is 7. The van der Waals surface area contributed by atoms with Crippen molar-refractivity contribution in [3.63, 3.8) is 0 Å². The van der Waals surface area contributed by atoms with Crippen LogP contribution in [0.1, 0.15) is 48.5 Å². The van der Waals surface area contributed by atoms with Crippen LogP contribution in [0.15, 0.2) is 0 Å². The van der Waals surface area contributed by atoms with Gasteiger partial charge in [0.1, 0.15) is 244 Å². The zero-order valence-electron chi connectivity index (χ0n) is 71.7. The summed E-state index contributed by atoms with van der Waals surface area (Å²) in [5, 5.41) is 303. The fourth-order valence-corrected chi connectivity index (χ4v) is 17.0. The molecular formula is C74H123N7O51. The fraction of sp³-hybridized carbons (Fsp3) is 0.905. The quantitative estimate of drug-likeness (QED) is 0.0280. The third kappa shape index (κ3) is 24.9. The van der Waals surface area contributed by atoms with E-state index in [9.17, 15) is 161 Å². The molecule has 0 aromatic rings. The SMILES string of the molecule is CC(=O)N[C@H]1[C@H](O[C@H]2[C@H](O)[C@@H](NC(C)=O)C(O)O[C@@H]2CO)O[C@H](CO)[C@@H](O[C@@H]2O[C@H](CO[C@H]3O[C@H](CO[C@@H]4O[C@H](CO)[C@@H](O)[C@H](O)[C@H]4NC(C)=O)[C@@H](O)[C@H](O)[C@@H]3O[C@@H]3O[C@H](CO)[C@@H](O)[C@H](O)[C@H]3NC(C)=O)[C@@H](O[C@@H]3O[C@H](CO)[C@@H](O)[C@H](O)[C@H]3NC(C)=O)[C@H](O[C@H]3O[C@H](CO)[C@@H](O[C@@H]4O[C@H](CO)[C@@H](O)[C@H](O)[C@H]4NC(C)=O)[C@H](O)[C@@H]3O[C@@H]3O[C@H](CO)[C@@H](O)[C@H](O)[C@H]3NC(C)=O)[C@@H]2O)[C@@H]1O. The Morgan fingerprint density at radius 1 is 0.197 bits per heavy atom. The largest absolute Gasteiger partial charge is 0.394 e. The molecule has 132 heavy (non-hydrogen) atoms. The van der Waals surface area contributed by atoms with Gasteiger partial charge in [0.25, 0.3) is 0 Å². The zero-order chi connectivity index (χ0) is 97.4. The zero-order valence-corrected chi connectivity index (χ0v) is 71.7. The van der Waals surface area contributed by atoms with Crippen LogP contribution in [0, 0.1) is 0 Å². The van der Waals surface area contributed by atoms with Gasteiger partial charge in [-0.1, -0.05) is 0 Å². The summed E-state index contributed by atoms with van der Waals surface area (Å²) in [6.45, 7) is -5.33. The summed E-state index contributed by atoms with van der Waals surface area (Å²) in [5.41, 5.74) is 0. The molecule has 58 nitrogen and oxygen atoms in total. The predicted molar refractivity (Wildman–Crippen MR) is 411 cm³/mol. The first kappa shape index (κ1) is 109. The van der Waals surface area contributed by atoms with Crippen molar-refractivity contribution in [2.24, 2.45) is 0 Å². The molecule has 58 heteroatoms. The van der Waals surface area contributed by atoms with Gasteiger partial charge in [-0.15, -0.1) is 0 Å². The normalized spacial score (nSPS) is 46.7. The number of hydrogen-bond donors (Lipinski definition) is 32. The van der Waals surface area contributed by atoms with Crippen LogP contribution in [-0.2, 0) is 124 Å². The summed E-state index contributed by atoms with van der Waals surface area (Å²) >= 11 is 0. The Kier molecular flexibility index (Phi) is 39.4. The van der Waals surface area contributed by atoms with E-state index in [1.54, 1.807) is 0 Å². The molecule has 10 heterocycles. The third-order valence-corrected chi connectivity index (χ3v) is 23.7. The van der Waals surface area contributed by atoms with Crippen molar-refractivity contribution < 1.29 is 251 Å². The van der Waals surface area contributed by atoms with E-state index >= 15 is 0 Å². The van der Waals surface area contributed by atoms with Crippen molar-refractivity contribution >= 4 is 41.4 Å². The van der Waals surface area contributed by atoms with Gasteiger partial charge in [0, 0.05) is 48.5 Å². The Labute approximate surface area is 748 Å². The molecule has 0 spiro atoms. The highest BCUT2D eigenvalue weighted by molar-refractivity contribution is 5.75. The molecule has 10 aliphatic heterocycles. The van der Waals surface area contributed by atoms with Crippen LogP contribution >= 0.6 is 0 Å². The standard InChI is InChI=1S/C74H123N7O51/c1-18(90)75-35-53(108)58(30(13-87)116-65(35)113)126-71-41(81-24(7)96)54(109)59(31(14-88)122-71)128-72-57(112)62(130-74-64(132-70-40(80-23(6)95)52(107)46(101)29(12-86)121-70)56(111)60(32(15-89)123-74)127-67-37(77-20(3)92)49(104)43(98)26(9-83)118-67)61(129-68-38(78-21(4)93)50(105)44(99)27(10-84)119-68)34(125-72)17-115-73-63(131-69-39(79-22(5)94)51(106)45(100)28(11-85)120-69)55(110)47(102)33(124-73)16-114-66-36(76-19(2)91)48(103)42(97)25(8-82)117-66/h25-74,82-89,97-113H,8-17H2,1-7H3,(H,75,90)(H,76,91)(H,77,92)(H,78,93)(H,79,94)(H,80,95)(H,81,96)/t25-,26-,27-,28-,29-,30-,31-,32-,33-,34-,35-,36-,37-,38-,39-,40-,41-,42-,43-,44-,45-,46-,47-,48-,49-,50-,51-,52-,53-,54-,55+,56+,57+,58-,59-,60-,61-,62-,63+,64+,65?,66-,67+,68+,69+,70+,71+,72+,73+,74-/m1/s1. The number of aliphatic hydroxyl groups excluding tert-OH is 25. The Morgan fingerprint density at radius 3 is 0.780 bits per heavy atom. The van der Waals surface area contributed by atoms with Crippen molar-refractivity contribution in [3.05, 3.63) is 0 Å². The lowest BCUT2D eigenvalue weighted by Gasteiger charge is -2.53. The van der Waals surface area contributed by atoms with E-state index in [2.05, 4.69) is 37.2 Å². The minimum atomic E-state index is -2.85. The molecule has 0 bridgehead atoms. The Hall–Kier alpha value is -5.47. The van der Waals surface area contributed by atoms with Gasteiger partial charge in [0.2, 0.25) is 41.4 Å². The highest BCUT2D eigenvalue weighted by Gasteiger charge is 2.63. The van der Waals surface area contributed by atoms with Crippen LogP contribution in [0.5, 0.6) is 0 Å². The second-order valence-corrected chi connectivity index (χ2v) is 33.2. The summed E-state index contributed by atoms with van der Waals surface area (Å²) in [5.74, 6) is -6.63. The second kappa shape index (κ2) is 47.9. The molecule has 1 unspecified atom stereocenters. The number of amides is 7. The van der Waals surface area contributed by atoms with Gasteiger partial charge in [0.15, 0.2) is 62.9 Å². The molecule has 10 fully saturated rings. The smallest absolute Gasteiger partial charge is 0.217 e. The van der Waals surface area contributed by atoms with E-state index in [0.717, 1.165) is 48.5 Å². The molecule has 0 aliphatic carbocycles. The Morgan fingerprint density at radius 2 is 0.424 bits per heavy atom. The maximum atomic E-state index is 13.6. The lowest BCUT2D eigenvalue weighted by Crippen LogP contribution is -2.72. The average Bonchev–Trinajstić information content (AvgIpc) is 0.752. The van der Waals surface area contributed by atoms with Crippen LogP contribution in [0.2, 0.25) is 0 Å². The van der Waals surface area contributed by atoms with Crippen molar-refractivity contribution in [1.82, 2.24) is 37.2 Å². The maximum absolute atomic E-state index is 13.6. The lowest BCUT2D eigenvalue weighted by molar-refractivity contribution is -0.412. The first-order valence-corrected chi connectivity index (χ1v) is 42.1. The van der Waals surface area contributed by atoms with E-state index in [1.807, 2.05) is 0 Å². The van der Waals surface area contributed by atoms with Crippen molar-refractivity contribution in [2.75, 3.05) is 66.1 Å². The topological polar surface area (TPSA) is 885 Å². The van der Waals surface area contributed by atoms with Crippen LogP contribution < -0.4 is 37.2 Å². The molecule has 10 saturated heterocycles. The number of rotatable bonds is 35. The molecule has 50 atom stereocenters. The number of nitrogens with one attached hydrogen (secondary N) is 7. The molecular weight excluding hydrogens is 1800 g/mol.